The molecule has 0 aliphatic rings. The fourth-order valence-corrected chi connectivity index (χ4v) is 0.744. The Bertz CT molecular complexity index is 198. The lowest BCUT2D eigenvalue weighted by molar-refractivity contribution is 0.520. The van der Waals surface area contributed by atoms with Gasteiger partial charge in [0, 0.05) is 6.42 Å². The molecule has 0 aromatic carbocycles. The zero-order valence-corrected chi connectivity index (χ0v) is 5.55. The van der Waals surface area contributed by atoms with E-state index < -0.39 is 0 Å². The van der Waals surface area contributed by atoms with Crippen molar-refractivity contribution in [3.63, 3.8) is 0 Å². The predicted molar refractivity (Wildman–Crippen MR) is 37.3 cm³/mol. The molecule has 48 valence electrons. The molecule has 0 radical (unpaired) electrons. The van der Waals surface area contributed by atoms with E-state index >= 15 is 0 Å². The van der Waals surface area contributed by atoms with E-state index in [-0.39, 0.29) is 0 Å². The van der Waals surface area contributed by atoms with E-state index in [1.807, 2.05) is 19.1 Å². The first-order valence-electron chi connectivity index (χ1n) is 2.98. The summed E-state index contributed by atoms with van der Waals surface area (Å²) in [7, 11) is 0. The van der Waals surface area contributed by atoms with Gasteiger partial charge < -0.3 is 4.42 Å². The third-order valence-electron chi connectivity index (χ3n) is 1.30. The van der Waals surface area contributed by atoms with E-state index in [2.05, 4.69) is 6.58 Å². The van der Waals surface area contributed by atoms with E-state index in [1.165, 1.54) is 5.56 Å². The van der Waals surface area contributed by atoms with Gasteiger partial charge in [0.1, 0.15) is 5.76 Å². The van der Waals surface area contributed by atoms with E-state index in [4.69, 9.17) is 4.42 Å². The third kappa shape index (κ3) is 1.22. The number of furan rings is 1. The van der Waals surface area contributed by atoms with E-state index in [0.29, 0.717) is 0 Å². The largest absolute Gasteiger partial charge is 0.469 e. The highest BCUT2D eigenvalue weighted by Crippen LogP contribution is 2.08. The van der Waals surface area contributed by atoms with Crippen LogP contribution in [0.2, 0.25) is 0 Å². The normalized spacial score (nSPS) is 9.44. The molecule has 1 heterocycles. The first-order chi connectivity index (χ1) is 4.34. The molecule has 1 nitrogen and oxygen atoms in total. The van der Waals surface area contributed by atoms with Crippen molar-refractivity contribution in [1.82, 2.24) is 0 Å². The van der Waals surface area contributed by atoms with Crippen LogP contribution >= 0.6 is 0 Å². The van der Waals surface area contributed by atoms with Crippen molar-refractivity contribution in [2.75, 3.05) is 0 Å². The van der Waals surface area contributed by atoms with Crippen molar-refractivity contribution < 1.29 is 4.42 Å². The van der Waals surface area contributed by atoms with Crippen LogP contribution in [0.3, 0.4) is 0 Å². The average Bonchev–Trinajstić information content (AvgIpc) is 2.18. The van der Waals surface area contributed by atoms with Crippen molar-refractivity contribution in [1.29, 1.82) is 0 Å². The molecule has 0 fully saturated rings. The number of allylic oxidation sites excluding steroid dienone is 1. The van der Waals surface area contributed by atoms with Crippen molar-refractivity contribution >= 4 is 0 Å². The maximum absolute atomic E-state index is 5.13. The molecule has 9 heavy (non-hydrogen) atoms. The molecule has 1 rings (SSSR count). The Balaban J connectivity index is 2.80. The van der Waals surface area contributed by atoms with Gasteiger partial charge >= 0.3 is 0 Å². The minimum atomic E-state index is 0.832. The van der Waals surface area contributed by atoms with Gasteiger partial charge in [0.2, 0.25) is 0 Å². The van der Waals surface area contributed by atoms with Crippen molar-refractivity contribution in [3.05, 3.63) is 36.3 Å². The zero-order valence-electron chi connectivity index (χ0n) is 5.55. The Hall–Kier alpha value is -0.980. The predicted octanol–water partition coefficient (Wildman–Crippen LogP) is 2.32. The summed E-state index contributed by atoms with van der Waals surface area (Å²) in [6, 6.07) is 1.96. The van der Waals surface area contributed by atoms with Crippen LogP contribution < -0.4 is 0 Å². The van der Waals surface area contributed by atoms with Gasteiger partial charge in [-0.2, -0.15) is 0 Å². The highest BCUT2D eigenvalue weighted by atomic mass is 16.3. The van der Waals surface area contributed by atoms with Crippen molar-refractivity contribution in [2.24, 2.45) is 0 Å². The molecular formula is C8H10O. The summed E-state index contributed by atoms with van der Waals surface area (Å²) >= 11 is 0. The van der Waals surface area contributed by atoms with Crippen LogP contribution in [0.25, 0.3) is 0 Å². The summed E-state index contributed by atoms with van der Waals surface area (Å²) < 4.78 is 5.13. The Kier molecular flexibility index (Phi) is 1.73. The summed E-state index contributed by atoms with van der Waals surface area (Å²) in [4.78, 5) is 0. The van der Waals surface area contributed by atoms with Crippen molar-refractivity contribution in [3.8, 4) is 0 Å². The average molecular weight is 122 g/mol. The second-order valence-corrected chi connectivity index (χ2v) is 2.02. The minimum Gasteiger partial charge on any atom is -0.469 e. The first-order valence-corrected chi connectivity index (χ1v) is 2.98. The van der Waals surface area contributed by atoms with Crippen molar-refractivity contribution in [2.45, 2.75) is 13.3 Å². The lowest BCUT2D eigenvalue weighted by atomic mass is 10.2. The van der Waals surface area contributed by atoms with Crippen LogP contribution in [0, 0.1) is 6.92 Å². The molecule has 0 bridgehead atoms. The summed E-state index contributed by atoms with van der Waals surface area (Å²) in [5.41, 5.74) is 1.20. The molecule has 0 unspecified atom stereocenters. The zero-order chi connectivity index (χ0) is 6.69. The van der Waals surface area contributed by atoms with E-state index in [0.717, 1.165) is 12.2 Å². The topological polar surface area (TPSA) is 13.1 Å². The molecule has 1 aromatic rings. The van der Waals surface area contributed by atoms with Gasteiger partial charge in [-0.05, 0) is 18.6 Å². The summed E-state index contributed by atoms with van der Waals surface area (Å²) in [6.45, 7) is 5.65. The van der Waals surface area contributed by atoms with Crippen LogP contribution in [0.15, 0.2) is 29.4 Å². The standard InChI is InChI=1S/C8H10O/c1-3-4-8-7(2)5-6-9-8/h3,5-6H,1,4H2,2H3. The van der Waals surface area contributed by atoms with Gasteiger partial charge in [0.25, 0.3) is 0 Å². The molecule has 0 spiro atoms. The number of aryl methyl sites for hydroxylation is 1. The Labute approximate surface area is 55.0 Å². The molecule has 0 saturated heterocycles. The van der Waals surface area contributed by atoms with Gasteiger partial charge in [-0.25, -0.2) is 0 Å². The van der Waals surface area contributed by atoms with Gasteiger partial charge in [0.15, 0.2) is 0 Å². The Morgan fingerprint density at radius 3 is 3.00 bits per heavy atom. The van der Waals surface area contributed by atoms with Gasteiger partial charge in [-0.3, -0.25) is 0 Å². The molecule has 1 aromatic heterocycles. The molecule has 0 aliphatic carbocycles. The van der Waals surface area contributed by atoms with Crippen LogP contribution in [-0.4, -0.2) is 0 Å². The van der Waals surface area contributed by atoms with E-state index in [1.54, 1.807) is 6.26 Å². The molecule has 0 atom stereocenters. The highest BCUT2D eigenvalue weighted by molar-refractivity contribution is 5.16. The fraction of sp³-hybridized carbons (Fsp3) is 0.250. The SMILES string of the molecule is C=CCc1occc1C. The van der Waals surface area contributed by atoms with Gasteiger partial charge in [-0.1, -0.05) is 6.08 Å². The molecule has 0 aliphatic heterocycles. The monoisotopic (exact) mass is 122 g/mol. The molecule has 1 heteroatoms. The lowest BCUT2D eigenvalue weighted by Gasteiger charge is -1.88. The number of rotatable bonds is 2. The van der Waals surface area contributed by atoms with Gasteiger partial charge in [0.05, 0.1) is 6.26 Å². The Morgan fingerprint density at radius 1 is 1.78 bits per heavy atom. The minimum absolute atomic E-state index is 0.832. The quantitative estimate of drug-likeness (QED) is 0.548. The smallest absolute Gasteiger partial charge is 0.110 e. The number of hydrogen-bond acceptors (Lipinski definition) is 1. The Morgan fingerprint density at radius 2 is 2.56 bits per heavy atom. The van der Waals surface area contributed by atoms with Crippen LogP contribution in [-0.2, 0) is 6.42 Å². The molecule has 0 saturated carbocycles. The molecule has 0 N–H and O–H groups in total. The molecular weight excluding hydrogens is 112 g/mol. The van der Waals surface area contributed by atoms with Crippen LogP contribution in [0.1, 0.15) is 11.3 Å². The summed E-state index contributed by atoms with van der Waals surface area (Å²) in [5, 5.41) is 0. The highest BCUT2D eigenvalue weighted by Gasteiger charge is 1.96. The van der Waals surface area contributed by atoms with Gasteiger partial charge in [-0.15, -0.1) is 6.58 Å². The summed E-state index contributed by atoms with van der Waals surface area (Å²) in [5.74, 6) is 1.02. The second-order valence-electron chi connectivity index (χ2n) is 2.02. The number of hydrogen-bond donors (Lipinski definition) is 0. The lowest BCUT2D eigenvalue weighted by Crippen LogP contribution is -1.77. The van der Waals surface area contributed by atoms with E-state index in [9.17, 15) is 0 Å². The summed E-state index contributed by atoms with van der Waals surface area (Å²) in [6.07, 6.45) is 4.37. The van der Waals surface area contributed by atoms with Crippen LogP contribution in [0.4, 0.5) is 0 Å². The molecule has 0 amide bonds. The fourth-order valence-electron chi connectivity index (χ4n) is 0.744. The second kappa shape index (κ2) is 2.53. The maximum atomic E-state index is 5.13. The first kappa shape index (κ1) is 6.14. The van der Waals surface area contributed by atoms with Crippen LogP contribution in [0.5, 0.6) is 0 Å². The maximum Gasteiger partial charge on any atom is 0.110 e. The third-order valence-corrected chi connectivity index (χ3v) is 1.30.